The molecule has 2 aliphatic heterocycles. The van der Waals surface area contributed by atoms with Gasteiger partial charge in [0.15, 0.2) is 0 Å². The monoisotopic (exact) mass is 322 g/mol. The number of aromatic nitrogens is 2. The van der Waals surface area contributed by atoms with Crippen molar-refractivity contribution in [2.45, 2.75) is 31.7 Å². The summed E-state index contributed by atoms with van der Waals surface area (Å²) in [7, 11) is 0. The Kier molecular flexibility index (Phi) is 4.26. The number of likely N-dealkylation sites (tertiary alicyclic amines) is 1. The Morgan fingerprint density at radius 1 is 1.25 bits per heavy atom. The smallest absolute Gasteiger partial charge is 0.253 e. The second-order valence-electron chi connectivity index (χ2n) is 6.58. The van der Waals surface area contributed by atoms with Crippen LogP contribution >= 0.6 is 0 Å². The van der Waals surface area contributed by atoms with Gasteiger partial charge in [0, 0.05) is 61.5 Å². The first-order valence-corrected chi connectivity index (χ1v) is 8.71. The highest BCUT2D eigenvalue weighted by Crippen LogP contribution is 2.26. The molecule has 0 bridgehead atoms. The van der Waals surface area contributed by atoms with Crippen molar-refractivity contribution in [3.63, 3.8) is 0 Å². The minimum atomic E-state index is 0.113. The number of carbonyl (C=O) groups is 1. The highest BCUT2D eigenvalue weighted by Gasteiger charge is 2.27. The maximum atomic E-state index is 12.7. The third-order valence-corrected chi connectivity index (χ3v) is 4.92. The van der Waals surface area contributed by atoms with Crippen LogP contribution in [0.4, 0.5) is 0 Å². The van der Waals surface area contributed by atoms with Crippen molar-refractivity contribution >= 4 is 5.91 Å². The second kappa shape index (κ2) is 6.69. The van der Waals surface area contributed by atoms with Crippen molar-refractivity contribution < 1.29 is 4.79 Å². The van der Waals surface area contributed by atoms with E-state index in [1.165, 1.54) is 11.3 Å². The first-order valence-electron chi connectivity index (χ1n) is 8.71. The van der Waals surface area contributed by atoms with Gasteiger partial charge in [0.1, 0.15) is 5.82 Å². The number of rotatable bonds is 2. The van der Waals surface area contributed by atoms with E-state index in [9.17, 15) is 4.79 Å². The van der Waals surface area contributed by atoms with Gasteiger partial charge in [0.25, 0.3) is 5.91 Å². The van der Waals surface area contributed by atoms with Crippen LogP contribution in [-0.2, 0) is 13.0 Å². The standard InChI is InChI=1S/C19H22N4O/c24-19(14-5-2-1-3-6-14)23-10-4-7-15(13-23)18-21-12-16-11-20-9-8-17(16)22-18/h1-3,5-6,12,15,20H,4,7-11,13H2/t15-/m0/s1. The van der Waals surface area contributed by atoms with Gasteiger partial charge in [-0.15, -0.1) is 0 Å². The third-order valence-electron chi connectivity index (χ3n) is 4.92. The lowest BCUT2D eigenvalue weighted by Crippen LogP contribution is -2.39. The highest BCUT2D eigenvalue weighted by atomic mass is 16.2. The van der Waals surface area contributed by atoms with E-state index < -0.39 is 0 Å². The van der Waals surface area contributed by atoms with Crippen LogP contribution in [0.2, 0.25) is 0 Å². The van der Waals surface area contributed by atoms with Crippen molar-refractivity contribution in [3.8, 4) is 0 Å². The van der Waals surface area contributed by atoms with Crippen molar-refractivity contribution in [1.82, 2.24) is 20.2 Å². The quantitative estimate of drug-likeness (QED) is 0.920. The van der Waals surface area contributed by atoms with Gasteiger partial charge in [0.05, 0.1) is 0 Å². The van der Waals surface area contributed by atoms with Gasteiger partial charge in [-0.2, -0.15) is 0 Å². The SMILES string of the molecule is O=C(c1ccccc1)N1CCC[C@H](c2ncc3c(n2)CCNC3)C1. The number of amides is 1. The summed E-state index contributed by atoms with van der Waals surface area (Å²) >= 11 is 0. The molecule has 0 spiro atoms. The molecule has 1 N–H and O–H groups in total. The van der Waals surface area contributed by atoms with Crippen LogP contribution < -0.4 is 5.32 Å². The predicted molar refractivity (Wildman–Crippen MR) is 91.8 cm³/mol. The summed E-state index contributed by atoms with van der Waals surface area (Å²) in [4.78, 5) is 24.0. The van der Waals surface area contributed by atoms with Crippen molar-refractivity contribution in [2.75, 3.05) is 19.6 Å². The Bertz CT molecular complexity index is 731. The molecule has 124 valence electrons. The molecule has 2 aromatic rings. The number of nitrogens with one attached hydrogen (secondary N) is 1. The zero-order valence-electron chi connectivity index (χ0n) is 13.7. The molecule has 0 aliphatic carbocycles. The average Bonchev–Trinajstić information content (AvgIpc) is 2.68. The fourth-order valence-corrected chi connectivity index (χ4v) is 3.58. The van der Waals surface area contributed by atoms with Crippen LogP contribution in [0.5, 0.6) is 0 Å². The molecule has 1 atom stereocenters. The number of piperidine rings is 1. The Balaban J connectivity index is 1.52. The zero-order chi connectivity index (χ0) is 16.4. The summed E-state index contributed by atoms with van der Waals surface area (Å²) in [5.74, 6) is 1.26. The number of hydrogen-bond donors (Lipinski definition) is 1. The van der Waals surface area contributed by atoms with Crippen molar-refractivity contribution in [1.29, 1.82) is 0 Å². The zero-order valence-corrected chi connectivity index (χ0v) is 13.7. The van der Waals surface area contributed by atoms with Crippen LogP contribution in [0.15, 0.2) is 36.5 Å². The molecule has 0 unspecified atom stereocenters. The normalized spacial score (nSPS) is 20.5. The molecular weight excluding hydrogens is 300 g/mol. The molecule has 0 saturated carbocycles. The molecule has 3 heterocycles. The largest absolute Gasteiger partial charge is 0.338 e. The maximum Gasteiger partial charge on any atom is 0.253 e. The third kappa shape index (κ3) is 3.04. The topological polar surface area (TPSA) is 58.1 Å². The summed E-state index contributed by atoms with van der Waals surface area (Å²) in [6.07, 6.45) is 4.98. The molecular formula is C19H22N4O. The fourth-order valence-electron chi connectivity index (χ4n) is 3.58. The van der Waals surface area contributed by atoms with Gasteiger partial charge in [-0.05, 0) is 25.0 Å². The lowest BCUT2D eigenvalue weighted by molar-refractivity contribution is 0.0704. The Morgan fingerprint density at radius 3 is 3.00 bits per heavy atom. The van der Waals surface area contributed by atoms with E-state index in [1.807, 2.05) is 41.4 Å². The molecule has 0 radical (unpaired) electrons. The van der Waals surface area contributed by atoms with E-state index >= 15 is 0 Å². The van der Waals surface area contributed by atoms with Crippen LogP contribution in [0.3, 0.4) is 0 Å². The molecule has 1 saturated heterocycles. The van der Waals surface area contributed by atoms with Crippen LogP contribution in [0.1, 0.15) is 46.2 Å². The van der Waals surface area contributed by atoms with Crippen LogP contribution in [0.25, 0.3) is 0 Å². The molecule has 1 aromatic carbocycles. The molecule has 1 aromatic heterocycles. The minimum Gasteiger partial charge on any atom is -0.338 e. The summed E-state index contributed by atoms with van der Waals surface area (Å²) in [6, 6.07) is 9.53. The van der Waals surface area contributed by atoms with Crippen LogP contribution in [0, 0.1) is 0 Å². The summed E-state index contributed by atoms with van der Waals surface area (Å²) in [6.45, 7) is 3.37. The van der Waals surface area contributed by atoms with E-state index in [-0.39, 0.29) is 11.8 Å². The summed E-state index contributed by atoms with van der Waals surface area (Å²) in [5, 5.41) is 3.35. The number of carbonyl (C=O) groups excluding carboxylic acids is 1. The lowest BCUT2D eigenvalue weighted by Gasteiger charge is -2.32. The summed E-state index contributed by atoms with van der Waals surface area (Å²) < 4.78 is 0. The van der Waals surface area contributed by atoms with E-state index in [1.54, 1.807) is 0 Å². The van der Waals surface area contributed by atoms with Crippen molar-refractivity contribution in [3.05, 3.63) is 59.2 Å². The van der Waals surface area contributed by atoms with Crippen molar-refractivity contribution in [2.24, 2.45) is 0 Å². The van der Waals surface area contributed by atoms with Gasteiger partial charge in [-0.1, -0.05) is 18.2 Å². The maximum absolute atomic E-state index is 12.7. The Labute approximate surface area is 142 Å². The van der Waals surface area contributed by atoms with E-state index in [0.717, 1.165) is 50.3 Å². The van der Waals surface area contributed by atoms with Gasteiger partial charge in [-0.25, -0.2) is 9.97 Å². The van der Waals surface area contributed by atoms with Gasteiger partial charge >= 0.3 is 0 Å². The number of nitrogens with zero attached hydrogens (tertiary/aromatic N) is 3. The molecule has 1 fully saturated rings. The van der Waals surface area contributed by atoms with E-state index in [0.29, 0.717) is 6.54 Å². The van der Waals surface area contributed by atoms with Gasteiger partial charge in [-0.3, -0.25) is 4.79 Å². The first-order chi connectivity index (χ1) is 11.8. The van der Waals surface area contributed by atoms with Gasteiger partial charge < -0.3 is 10.2 Å². The van der Waals surface area contributed by atoms with E-state index in [4.69, 9.17) is 4.98 Å². The number of benzene rings is 1. The molecule has 2 aliphatic rings. The Morgan fingerprint density at radius 2 is 2.12 bits per heavy atom. The van der Waals surface area contributed by atoms with Crippen LogP contribution in [-0.4, -0.2) is 40.4 Å². The molecule has 24 heavy (non-hydrogen) atoms. The second-order valence-corrected chi connectivity index (χ2v) is 6.58. The molecule has 1 amide bonds. The first kappa shape index (κ1) is 15.3. The molecule has 5 heteroatoms. The molecule has 5 nitrogen and oxygen atoms in total. The molecule has 4 rings (SSSR count). The summed E-state index contributed by atoms with van der Waals surface area (Å²) in [5.41, 5.74) is 3.14. The highest BCUT2D eigenvalue weighted by molar-refractivity contribution is 5.94. The number of hydrogen-bond acceptors (Lipinski definition) is 4. The van der Waals surface area contributed by atoms with E-state index in [2.05, 4.69) is 10.3 Å². The lowest BCUT2D eigenvalue weighted by atomic mass is 9.96. The predicted octanol–water partition coefficient (Wildman–Crippen LogP) is 2.14. The minimum absolute atomic E-state index is 0.113. The number of fused-ring (bicyclic) bond motifs is 1. The fraction of sp³-hybridized carbons (Fsp3) is 0.421. The van der Waals surface area contributed by atoms with Gasteiger partial charge in [0.2, 0.25) is 0 Å². The Hall–Kier alpha value is -2.27. The average molecular weight is 322 g/mol.